The maximum absolute atomic E-state index is 10.0. The number of allylic oxidation sites excluding steroid dienone is 2. The molecule has 173 valence electrons. The molecule has 1 aliphatic heterocycles. The van der Waals surface area contributed by atoms with Gasteiger partial charge < -0.3 is 5.11 Å². The predicted octanol–water partition coefficient (Wildman–Crippen LogP) is 5.24. The van der Waals surface area contributed by atoms with Crippen molar-refractivity contribution in [2.45, 2.75) is 26.9 Å². The Balaban J connectivity index is 0.000000303. The van der Waals surface area contributed by atoms with E-state index in [1.807, 2.05) is 0 Å². The van der Waals surface area contributed by atoms with Gasteiger partial charge in [-0.2, -0.15) is 0 Å². The molecule has 1 radical (unpaired) electrons. The predicted molar refractivity (Wildman–Crippen MR) is 142 cm³/mol. The van der Waals surface area contributed by atoms with Gasteiger partial charge in [0.2, 0.25) is 0 Å². The van der Waals surface area contributed by atoms with E-state index in [-0.39, 0.29) is 31.6 Å². The summed E-state index contributed by atoms with van der Waals surface area (Å²) >= 11 is 0.392. The van der Waals surface area contributed by atoms with Crippen molar-refractivity contribution in [3.05, 3.63) is 78.6 Å². The van der Waals surface area contributed by atoms with Gasteiger partial charge in [-0.3, -0.25) is 4.79 Å². The molecule has 0 spiro atoms. The quantitative estimate of drug-likeness (QED) is 0.113. The van der Waals surface area contributed by atoms with E-state index in [9.17, 15) is 4.79 Å². The van der Waals surface area contributed by atoms with Gasteiger partial charge in [-0.25, -0.2) is 0 Å². The minimum absolute atomic E-state index is 0. The Bertz CT molecular complexity index is 1600. The van der Waals surface area contributed by atoms with Crippen molar-refractivity contribution < 1.29 is 30.0 Å². The molecule has 0 saturated carbocycles. The van der Waals surface area contributed by atoms with Crippen LogP contribution in [0, 0.1) is 6.07 Å². The first-order valence-corrected chi connectivity index (χ1v) is 15.6. The Morgan fingerprint density at radius 3 is 2.44 bits per heavy atom. The summed E-state index contributed by atoms with van der Waals surface area (Å²) in [5, 5.41) is 15.5. The van der Waals surface area contributed by atoms with Crippen molar-refractivity contribution in [1.29, 1.82) is 0 Å². The van der Waals surface area contributed by atoms with Crippen LogP contribution in [0.2, 0.25) is 13.1 Å². The number of nitrogens with zero attached hydrogens (tertiary/aromatic N) is 1. The molecule has 0 unspecified atom stereocenters. The average Bonchev–Trinajstić information content (AvgIpc) is 3.13. The second-order valence-corrected chi connectivity index (χ2v) is 15.6. The van der Waals surface area contributed by atoms with Crippen molar-refractivity contribution in [2.24, 2.45) is 0 Å². The maximum Gasteiger partial charge on any atom is 0 e. The summed E-state index contributed by atoms with van der Waals surface area (Å²) in [5.74, 6) is -0.0625. The Hall–Kier alpha value is -2.33. The zero-order valence-electron chi connectivity index (χ0n) is 19.4. The van der Waals surface area contributed by atoms with E-state index in [4.69, 9.17) is 10.1 Å². The molecular formula is C28H24IrNO2SeSi-. The number of hydrogen-bond donors (Lipinski definition) is 1. The number of benzene rings is 3. The standard InChI is InChI=1S/C23H16NSeSi.C5H8O2.Ir/c1-26(2)19-12-6-11-18-22(19)21-15(8-5-10-17(21)25-18)23-20(26)13-14-7-3-4-9-16(14)24-23;1-4(6)3-5(2)7;/h3-7,9-13H,1-2H3;3,6H,1-2H3;/q-1;;/b;4-3-;. The molecule has 1 aliphatic rings. The molecule has 6 rings (SSSR count). The number of aromatic nitrogens is 1. The fraction of sp³-hybridized carbons (Fsp3) is 0.143. The van der Waals surface area contributed by atoms with E-state index >= 15 is 0 Å². The number of hydrogen-bond acceptors (Lipinski definition) is 3. The third kappa shape index (κ3) is 4.15. The number of pyridine rings is 1. The van der Waals surface area contributed by atoms with Gasteiger partial charge in [-0.15, -0.1) is 0 Å². The van der Waals surface area contributed by atoms with Gasteiger partial charge in [0.05, 0.1) is 5.76 Å². The first-order chi connectivity index (χ1) is 15.8. The van der Waals surface area contributed by atoms with Gasteiger partial charge >= 0.3 is 159 Å². The van der Waals surface area contributed by atoms with Crippen LogP contribution < -0.4 is 10.4 Å². The van der Waals surface area contributed by atoms with Crippen LogP contribution in [-0.4, -0.2) is 38.5 Å². The van der Waals surface area contributed by atoms with E-state index in [2.05, 4.69) is 79.8 Å². The van der Waals surface area contributed by atoms with Crippen LogP contribution in [0.15, 0.2) is 72.5 Å². The van der Waals surface area contributed by atoms with Crippen LogP contribution >= 0.6 is 0 Å². The van der Waals surface area contributed by atoms with Crippen LogP contribution in [0.5, 0.6) is 0 Å². The van der Waals surface area contributed by atoms with Crippen molar-refractivity contribution in [2.75, 3.05) is 0 Å². The third-order valence-electron chi connectivity index (χ3n) is 6.17. The summed E-state index contributed by atoms with van der Waals surface area (Å²) in [6.07, 6.45) is 1.17. The number of fused-ring (bicyclic) bond motifs is 3. The Morgan fingerprint density at radius 2 is 1.74 bits per heavy atom. The Labute approximate surface area is 219 Å². The number of carbonyl (C=O) groups is 1. The van der Waals surface area contributed by atoms with E-state index in [0.29, 0.717) is 14.5 Å². The van der Waals surface area contributed by atoms with Crippen molar-refractivity contribution in [3.63, 3.8) is 0 Å². The minimum Gasteiger partial charge on any atom is 0 e. The van der Waals surface area contributed by atoms with Crippen LogP contribution in [0.4, 0.5) is 0 Å². The molecule has 2 aromatic heterocycles. The van der Waals surface area contributed by atoms with Crippen LogP contribution in [0.3, 0.4) is 0 Å². The minimum atomic E-state index is -1.87. The van der Waals surface area contributed by atoms with E-state index in [1.54, 1.807) is 5.19 Å². The van der Waals surface area contributed by atoms with Crippen LogP contribution in [0.25, 0.3) is 41.5 Å². The molecule has 6 heteroatoms. The molecule has 5 aromatic rings. The van der Waals surface area contributed by atoms with Crippen LogP contribution in [-0.2, 0) is 24.9 Å². The van der Waals surface area contributed by atoms with E-state index < -0.39 is 8.07 Å². The van der Waals surface area contributed by atoms with Gasteiger partial charge in [0, 0.05) is 26.2 Å². The Kier molecular flexibility index (Phi) is 6.83. The van der Waals surface area contributed by atoms with Gasteiger partial charge in [-0.05, 0) is 13.8 Å². The molecule has 1 N–H and O–H groups in total. The van der Waals surface area contributed by atoms with Gasteiger partial charge in [0.25, 0.3) is 0 Å². The number of para-hydroxylation sites is 1. The SMILES string of the molecule is CC(=O)/C=C(/C)O.C[Si]1(C)c2cc3ccccc3nc2-c2[c-]ccc3[se]c4cccc1c4c23.[Ir]. The summed E-state index contributed by atoms with van der Waals surface area (Å²) in [5.41, 5.74) is 3.46. The second kappa shape index (κ2) is 9.37. The summed E-state index contributed by atoms with van der Waals surface area (Å²) in [7, 11) is -1.87. The maximum atomic E-state index is 10.0. The van der Waals surface area contributed by atoms with Crippen molar-refractivity contribution in [1.82, 2.24) is 4.98 Å². The summed E-state index contributed by atoms with van der Waals surface area (Å²) in [6, 6.07) is 25.8. The molecule has 0 atom stereocenters. The zero-order chi connectivity index (χ0) is 23.3. The number of carbonyl (C=O) groups excluding carboxylic acids is 1. The molecule has 0 amide bonds. The smallest absolute Gasteiger partial charge is 0 e. The molecule has 0 bridgehead atoms. The first-order valence-electron chi connectivity index (χ1n) is 10.9. The zero-order valence-corrected chi connectivity index (χ0v) is 24.5. The van der Waals surface area contributed by atoms with Gasteiger partial charge in [-0.1, -0.05) is 0 Å². The van der Waals surface area contributed by atoms with Crippen LogP contribution in [0.1, 0.15) is 13.8 Å². The molecule has 3 aromatic carbocycles. The normalized spacial score (nSPS) is 13.7. The van der Waals surface area contributed by atoms with E-state index in [0.717, 1.165) is 11.2 Å². The molecule has 34 heavy (non-hydrogen) atoms. The van der Waals surface area contributed by atoms with Gasteiger partial charge in [0.15, 0.2) is 5.78 Å². The molecule has 0 aliphatic carbocycles. The largest absolute Gasteiger partial charge is 0 e. The number of aliphatic hydroxyl groups is 1. The molecule has 0 saturated heterocycles. The second-order valence-electron chi connectivity index (χ2n) is 8.97. The average molecular weight is 706 g/mol. The number of rotatable bonds is 1. The number of ketones is 1. The fourth-order valence-electron chi connectivity index (χ4n) is 4.73. The van der Waals surface area contributed by atoms with Gasteiger partial charge in [0.1, 0.15) is 0 Å². The molecule has 3 heterocycles. The molecular weight excluding hydrogens is 682 g/mol. The molecule has 3 nitrogen and oxygen atoms in total. The monoisotopic (exact) mass is 707 g/mol. The van der Waals surface area contributed by atoms with Crippen molar-refractivity contribution in [3.8, 4) is 11.3 Å². The fourth-order valence-corrected chi connectivity index (χ4v) is 10.3. The Morgan fingerprint density at radius 1 is 1.00 bits per heavy atom. The van der Waals surface area contributed by atoms with Crippen molar-refractivity contribution >= 4 is 68.9 Å². The number of aliphatic hydroxyl groups excluding tert-OH is 1. The molecule has 0 fully saturated rings. The first kappa shape index (κ1) is 24.8. The third-order valence-corrected chi connectivity index (χ3v) is 12.0. The summed E-state index contributed by atoms with van der Waals surface area (Å²) in [6.45, 7) is 7.81. The topological polar surface area (TPSA) is 50.2 Å². The summed E-state index contributed by atoms with van der Waals surface area (Å²) in [4.78, 5) is 15.2. The summed E-state index contributed by atoms with van der Waals surface area (Å²) < 4.78 is 3.02. The van der Waals surface area contributed by atoms with E-state index in [1.165, 1.54) is 55.4 Å².